The molecule has 0 spiro atoms. The lowest BCUT2D eigenvalue weighted by molar-refractivity contribution is 0.484. The maximum Gasteiger partial charge on any atom is 0.0160 e. The Hall–Kier alpha value is -0.170. The smallest absolute Gasteiger partial charge is 0.0160 e. The van der Waals surface area contributed by atoms with Crippen molar-refractivity contribution >= 4 is 17.1 Å². The van der Waals surface area contributed by atoms with Gasteiger partial charge in [0.15, 0.2) is 0 Å². The summed E-state index contributed by atoms with van der Waals surface area (Å²) >= 11 is 5.07. The molecule has 0 saturated carbocycles. The minimum Gasteiger partial charge on any atom is -0.0849 e. The zero-order valence-electron chi connectivity index (χ0n) is 6.19. The van der Waals surface area contributed by atoms with E-state index in [1.807, 2.05) is 0 Å². The van der Waals surface area contributed by atoms with Gasteiger partial charge in [-0.2, -0.15) is 0 Å². The first kappa shape index (κ1) is 6.94. The van der Waals surface area contributed by atoms with E-state index < -0.39 is 0 Å². The maximum atomic E-state index is 5.07. The number of rotatable bonds is 0. The fourth-order valence-corrected chi connectivity index (χ4v) is 1.60. The Labute approximate surface area is 62.0 Å². The molecule has 0 saturated heterocycles. The van der Waals surface area contributed by atoms with Crippen LogP contribution in [0.4, 0.5) is 0 Å². The molecule has 50 valence electrons. The Morgan fingerprint density at radius 1 is 1.56 bits per heavy atom. The average molecular weight is 140 g/mol. The van der Waals surface area contributed by atoms with Gasteiger partial charge < -0.3 is 0 Å². The highest BCUT2D eigenvalue weighted by molar-refractivity contribution is 7.80. The number of allylic oxidation sites excluding steroid dienone is 2. The molecule has 0 nitrogen and oxygen atoms in total. The van der Waals surface area contributed by atoms with Gasteiger partial charge in [-0.05, 0) is 24.8 Å². The molecule has 0 aliphatic heterocycles. The molecule has 9 heavy (non-hydrogen) atoms. The first-order chi connectivity index (χ1) is 4.02. The molecule has 0 amide bonds. The molecular weight excluding hydrogens is 128 g/mol. The normalized spacial score (nSPS) is 24.3. The van der Waals surface area contributed by atoms with E-state index in [0.717, 1.165) is 11.3 Å². The van der Waals surface area contributed by atoms with Crippen molar-refractivity contribution in [2.45, 2.75) is 27.2 Å². The maximum absolute atomic E-state index is 5.07. The van der Waals surface area contributed by atoms with Crippen molar-refractivity contribution in [3.8, 4) is 0 Å². The van der Waals surface area contributed by atoms with Crippen LogP contribution in [0.15, 0.2) is 11.6 Å². The Bertz CT molecular complexity index is 175. The van der Waals surface area contributed by atoms with Crippen molar-refractivity contribution in [3.05, 3.63) is 11.6 Å². The quantitative estimate of drug-likeness (QED) is 0.466. The van der Waals surface area contributed by atoms with Crippen molar-refractivity contribution in [2.75, 3.05) is 0 Å². The molecule has 0 heterocycles. The van der Waals surface area contributed by atoms with Gasteiger partial charge in [0.05, 0.1) is 0 Å². The summed E-state index contributed by atoms with van der Waals surface area (Å²) in [5, 5.41) is 0. The van der Waals surface area contributed by atoms with Gasteiger partial charge in [0.2, 0.25) is 0 Å². The van der Waals surface area contributed by atoms with E-state index in [-0.39, 0.29) is 0 Å². The van der Waals surface area contributed by atoms with E-state index >= 15 is 0 Å². The highest BCUT2D eigenvalue weighted by atomic mass is 32.1. The number of thiocarbonyl (C=S) groups is 1. The van der Waals surface area contributed by atoms with Crippen LogP contribution in [-0.2, 0) is 0 Å². The highest BCUT2D eigenvalue weighted by Crippen LogP contribution is 2.35. The molecule has 1 rings (SSSR count). The lowest BCUT2D eigenvalue weighted by Crippen LogP contribution is -2.08. The lowest BCUT2D eigenvalue weighted by Gasteiger charge is -2.18. The van der Waals surface area contributed by atoms with Crippen LogP contribution in [0, 0.1) is 5.41 Å². The van der Waals surface area contributed by atoms with Crippen LogP contribution in [-0.4, -0.2) is 4.86 Å². The number of hydrogen-bond acceptors (Lipinski definition) is 1. The Morgan fingerprint density at radius 3 is 2.22 bits per heavy atom. The van der Waals surface area contributed by atoms with Crippen LogP contribution in [0.1, 0.15) is 27.2 Å². The van der Waals surface area contributed by atoms with Crippen LogP contribution < -0.4 is 0 Å². The van der Waals surface area contributed by atoms with Crippen LogP contribution >= 0.6 is 12.2 Å². The molecule has 0 N–H and O–H groups in total. The summed E-state index contributed by atoms with van der Waals surface area (Å²) in [4.78, 5) is 1.11. The summed E-state index contributed by atoms with van der Waals surface area (Å²) in [5.41, 5.74) is 1.77. The zero-order chi connectivity index (χ0) is 7.07. The van der Waals surface area contributed by atoms with Gasteiger partial charge in [-0.1, -0.05) is 31.6 Å². The van der Waals surface area contributed by atoms with E-state index in [9.17, 15) is 0 Å². The molecule has 0 radical (unpaired) electrons. The molecule has 0 aromatic rings. The van der Waals surface area contributed by atoms with Gasteiger partial charge >= 0.3 is 0 Å². The third-order valence-corrected chi connectivity index (χ3v) is 2.32. The topological polar surface area (TPSA) is 0 Å². The average Bonchev–Trinajstić information content (AvgIpc) is 1.79. The first-order valence-corrected chi connectivity index (χ1v) is 3.65. The van der Waals surface area contributed by atoms with E-state index in [1.54, 1.807) is 0 Å². The molecule has 0 aromatic heterocycles. The Kier molecular flexibility index (Phi) is 1.47. The minimum absolute atomic E-state index is 0.344. The molecule has 0 atom stereocenters. The summed E-state index contributed by atoms with van der Waals surface area (Å²) < 4.78 is 0. The lowest BCUT2D eigenvalue weighted by atomic mass is 9.87. The van der Waals surface area contributed by atoms with Crippen LogP contribution in [0.25, 0.3) is 0 Å². The third-order valence-electron chi connectivity index (χ3n) is 2.06. The van der Waals surface area contributed by atoms with Gasteiger partial charge in [-0.25, -0.2) is 0 Å². The molecular formula is C8H12S. The standard InChI is InChI=1S/C8H12S/c1-6-4-7(9)5-8(6,2)3/h4H,5H2,1-3H3. The summed E-state index contributed by atoms with van der Waals surface area (Å²) in [6.07, 6.45) is 3.18. The van der Waals surface area contributed by atoms with E-state index in [2.05, 4.69) is 26.8 Å². The molecule has 0 fully saturated rings. The fourth-order valence-electron chi connectivity index (χ4n) is 1.06. The molecule has 1 heteroatoms. The van der Waals surface area contributed by atoms with Crippen LogP contribution in [0.3, 0.4) is 0 Å². The van der Waals surface area contributed by atoms with Gasteiger partial charge in [-0.3, -0.25) is 0 Å². The van der Waals surface area contributed by atoms with Crippen molar-refractivity contribution < 1.29 is 0 Å². The second-order valence-electron chi connectivity index (χ2n) is 3.35. The summed E-state index contributed by atoms with van der Waals surface area (Å²) in [6, 6.07) is 0. The van der Waals surface area contributed by atoms with Gasteiger partial charge in [-0.15, -0.1) is 0 Å². The van der Waals surface area contributed by atoms with Crippen LogP contribution in [0.2, 0.25) is 0 Å². The zero-order valence-corrected chi connectivity index (χ0v) is 7.01. The SMILES string of the molecule is CC1=CC(=S)CC1(C)C. The second-order valence-corrected chi connectivity index (χ2v) is 3.88. The molecule has 0 bridgehead atoms. The van der Waals surface area contributed by atoms with Crippen molar-refractivity contribution in [3.63, 3.8) is 0 Å². The van der Waals surface area contributed by atoms with Crippen molar-refractivity contribution in [2.24, 2.45) is 5.41 Å². The van der Waals surface area contributed by atoms with Crippen molar-refractivity contribution in [1.29, 1.82) is 0 Å². The van der Waals surface area contributed by atoms with E-state index in [4.69, 9.17) is 12.2 Å². The predicted octanol–water partition coefficient (Wildman–Crippen LogP) is 2.73. The van der Waals surface area contributed by atoms with Crippen LogP contribution in [0.5, 0.6) is 0 Å². The third kappa shape index (κ3) is 1.21. The molecule has 1 aliphatic carbocycles. The summed E-state index contributed by atoms with van der Waals surface area (Å²) in [7, 11) is 0. The van der Waals surface area contributed by atoms with E-state index in [0.29, 0.717) is 5.41 Å². The highest BCUT2D eigenvalue weighted by Gasteiger charge is 2.26. The van der Waals surface area contributed by atoms with Gasteiger partial charge in [0, 0.05) is 4.86 Å². The van der Waals surface area contributed by atoms with E-state index in [1.165, 1.54) is 5.57 Å². The Morgan fingerprint density at radius 2 is 2.11 bits per heavy atom. The predicted molar refractivity (Wildman–Crippen MR) is 44.8 cm³/mol. The molecule has 0 unspecified atom stereocenters. The van der Waals surface area contributed by atoms with Gasteiger partial charge in [0.25, 0.3) is 0 Å². The largest absolute Gasteiger partial charge is 0.0849 e. The molecule has 1 aliphatic rings. The summed E-state index contributed by atoms with van der Waals surface area (Å²) in [5.74, 6) is 0. The Balaban J connectivity index is 2.89. The van der Waals surface area contributed by atoms with Gasteiger partial charge in [0.1, 0.15) is 0 Å². The van der Waals surface area contributed by atoms with Crippen molar-refractivity contribution in [1.82, 2.24) is 0 Å². The second kappa shape index (κ2) is 1.91. The summed E-state index contributed by atoms with van der Waals surface area (Å²) in [6.45, 7) is 6.62. The number of hydrogen-bond donors (Lipinski definition) is 0. The molecule has 0 aromatic carbocycles. The monoisotopic (exact) mass is 140 g/mol. The first-order valence-electron chi connectivity index (χ1n) is 3.24. The minimum atomic E-state index is 0.344. The fraction of sp³-hybridized carbons (Fsp3) is 0.625.